The molecule has 2 aliphatic rings. The van der Waals surface area contributed by atoms with Gasteiger partial charge in [-0.05, 0) is 55.2 Å². The van der Waals surface area contributed by atoms with Crippen LogP contribution in [0.4, 0.5) is 19.1 Å². The molecule has 0 saturated carbocycles. The third kappa shape index (κ3) is 4.74. The van der Waals surface area contributed by atoms with Gasteiger partial charge in [-0.1, -0.05) is 6.08 Å². The minimum atomic E-state index is -4.43. The number of amides is 1. The molecule has 0 aliphatic carbocycles. The number of alkyl halides is 3. The molecule has 2 atom stereocenters. The molecule has 2 aromatic rings. The molecule has 0 spiro atoms. The molecule has 4 rings (SSSR count). The molecule has 7 nitrogen and oxygen atoms in total. The molecule has 3 heterocycles. The van der Waals surface area contributed by atoms with Crippen LogP contribution in [0.2, 0.25) is 0 Å². The smallest absolute Gasteiger partial charge is 0.392 e. The van der Waals surface area contributed by atoms with Crippen molar-refractivity contribution < 1.29 is 18.0 Å². The molecule has 1 aromatic carbocycles. The van der Waals surface area contributed by atoms with E-state index in [0.717, 1.165) is 42.5 Å². The quantitative estimate of drug-likeness (QED) is 0.570. The minimum Gasteiger partial charge on any atom is -0.392 e. The number of halogens is 3. The van der Waals surface area contributed by atoms with Gasteiger partial charge in [0, 0.05) is 37.3 Å². The first-order chi connectivity index (χ1) is 15.8. The zero-order valence-electron chi connectivity index (χ0n) is 17.9. The van der Waals surface area contributed by atoms with Crippen molar-refractivity contribution in [3.05, 3.63) is 71.3 Å². The molecule has 2 unspecified atom stereocenters. The summed E-state index contributed by atoms with van der Waals surface area (Å²) in [5.74, 6) is 0.0957. The minimum absolute atomic E-state index is 0.0440. The van der Waals surface area contributed by atoms with E-state index in [2.05, 4.69) is 20.6 Å². The fourth-order valence-corrected chi connectivity index (χ4v) is 4.28. The van der Waals surface area contributed by atoms with E-state index in [9.17, 15) is 18.0 Å². The number of rotatable bonds is 6. The Balaban J connectivity index is 1.53. The highest BCUT2D eigenvalue weighted by Crippen LogP contribution is 2.39. The molecule has 1 fully saturated rings. The van der Waals surface area contributed by atoms with Crippen LogP contribution in [0, 0.1) is 5.41 Å². The van der Waals surface area contributed by atoms with Gasteiger partial charge < -0.3 is 20.9 Å². The van der Waals surface area contributed by atoms with E-state index in [1.807, 2.05) is 6.08 Å². The topological polar surface area (TPSA) is 94.0 Å². The van der Waals surface area contributed by atoms with Gasteiger partial charge in [-0.15, -0.1) is 0 Å². The third-order valence-corrected chi connectivity index (χ3v) is 5.79. The van der Waals surface area contributed by atoms with Gasteiger partial charge in [-0.3, -0.25) is 4.79 Å². The molecule has 3 N–H and O–H groups in total. The number of nitrogens with zero attached hydrogens (tertiary/aromatic N) is 3. The Morgan fingerprint density at radius 2 is 1.97 bits per heavy atom. The molecular formula is C23H23F3N6O. The third-order valence-electron chi connectivity index (χ3n) is 5.79. The van der Waals surface area contributed by atoms with Crippen LogP contribution in [0.3, 0.4) is 0 Å². The first-order valence-electron chi connectivity index (χ1n) is 10.5. The Morgan fingerprint density at radius 1 is 1.21 bits per heavy atom. The van der Waals surface area contributed by atoms with Crippen LogP contribution in [0.5, 0.6) is 0 Å². The summed E-state index contributed by atoms with van der Waals surface area (Å²) >= 11 is 0. The van der Waals surface area contributed by atoms with Gasteiger partial charge in [0.25, 0.3) is 5.91 Å². The van der Waals surface area contributed by atoms with E-state index < -0.39 is 11.7 Å². The number of aromatic nitrogens is 2. The van der Waals surface area contributed by atoms with E-state index in [0.29, 0.717) is 18.1 Å². The number of carbonyl (C=O) groups is 1. The van der Waals surface area contributed by atoms with Gasteiger partial charge in [0.2, 0.25) is 5.95 Å². The van der Waals surface area contributed by atoms with Crippen molar-refractivity contribution >= 4 is 23.6 Å². The second-order valence-electron chi connectivity index (χ2n) is 7.91. The normalized spacial score (nSPS) is 20.3. The number of carbonyl (C=O) groups excluding carboxylic acids is 1. The maximum absolute atomic E-state index is 13.1. The molecule has 1 amide bonds. The molecule has 2 bridgehead atoms. The van der Waals surface area contributed by atoms with Crippen LogP contribution in [-0.4, -0.2) is 46.1 Å². The second kappa shape index (κ2) is 9.05. The molecule has 1 saturated heterocycles. The summed E-state index contributed by atoms with van der Waals surface area (Å²) in [6.07, 6.45) is 4.19. The number of fused-ring (bicyclic) bond motifs is 2. The average molecular weight is 456 g/mol. The first kappa shape index (κ1) is 22.5. The molecule has 172 valence electrons. The number of hydrogen-bond donors (Lipinski definition) is 3. The SMILES string of the molecule is CN/C=C(\C=N)Nc1nccc(C2=CC3CCC(C2)N3C(=O)c2ccc(C(F)(F)F)cc2)n1. The van der Waals surface area contributed by atoms with Crippen LogP contribution in [0.25, 0.3) is 5.57 Å². The lowest BCUT2D eigenvalue weighted by Crippen LogP contribution is -2.43. The summed E-state index contributed by atoms with van der Waals surface area (Å²) < 4.78 is 38.5. The van der Waals surface area contributed by atoms with Crippen molar-refractivity contribution in [2.24, 2.45) is 0 Å². The van der Waals surface area contributed by atoms with Crippen LogP contribution in [0.1, 0.15) is 40.9 Å². The second-order valence-corrected chi connectivity index (χ2v) is 7.91. The predicted octanol–water partition coefficient (Wildman–Crippen LogP) is 4.08. The maximum Gasteiger partial charge on any atom is 0.416 e. The van der Waals surface area contributed by atoms with Crippen LogP contribution < -0.4 is 10.6 Å². The number of nitrogens with one attached hydrogen (secondary N) is 3. The molecule has 33 heavy (non-hydrogen) atoms. The van der Waals surface area contributed by atoms with Gasteiger partial charge >= 0.3 is 6.18 Å². The first-order valence-corrected chi connectivity index (χ1v) is 10.5. The van der Waals surface area contributed by atoms with Crippen LogP contribution >= 0.6 is 0 Å². The van der Waals surface area contributed by atoms with Gasteiger partial charge in [-0.2, -0.15) is 13.2 Å². The number of hydrogen-bond acceptors (Lipinski definition) is 6. The molecule has 2 aliphatic heterocycles. The monoisotopic (exact) mass is 456 g/mol. The van der Waals surface area contributed by atoms with Crippen molar-refractivity contribution in [1.29, 1.82) is 5.41 Å². The summed E-state index contributed by atoms with van der Waals surface area (Å²) in [5, 5.41) is 13.3. The number of allylic oxidation sites excluding steroid dienone is 1. The average Bonchev–Trinajstić information content (AvgIpc) is 3.07. The molecule has 0 radical (unpaired) electrons. The Bertz CT molecular complexity index is 1110. The zero-order valence-corrected chi connectivity index (χ0v) is 17.9. The highest BCUT2D eigenvalue weighted by atomic mass is 19.4. The lowest BCUT2D eigenvalue weighted by atomic mass is 9.97. The zero-order chi connectivity index (χ0) is 23.6. The highest BCUT2D eigenvalue weighted by molar-refractivity contribution is 5.95. The van der Waals surface area contributed by atoms with Crippen molar-refractivity contribution in [1.82, 2.24) is 20.2 Å². The van der Waals surface area contributed by atoms with Crippen LogP contribution in [-0.2, 0) is 6.18 Å². The predicted molar refractivity (Wildman–Crippen MR) is 119 cm³/mol. The summed E-state index contributed by atoms with van der Waals surface area (Å²) in [4.78, 5) is 23.6. The Kier molecular flexibility index (Phi) is 6.17. The summed E-state index contributed by atoms with van der Waals surface area (Å²) in [5.41, 5.74) is 1.71. The summed E-state index contributed by atoms with van der Waals surface area (Å²) in [7, 11) is 1.72. The summed E-state index contributed by atoms with van der Waals surface area (Å²) in [6.45, 7) is 0. The maximum atomic E-state index is 13.1. The van der Waals surface area contributed by atoms with E-state index >= 15 is 0 Å². The van der Waals surface area contributed by atoms with Gasteiger partial charge in [-0.25, -0.2) is 9.97 Å². The van der Waals surface area contributed by atoms with E-state index in [4.69, 9.17) is 5.41 Å². The number of benzene rings is 1. The van der Waals surface area contributed by atoms with Crippen molar-refractivity contribution in [3.63, 3.8) is 0 Å². The van der Waals surface area contributed by atoms with E-state index in [-0.39, 0.29) is 23.6 Å². The van der Waals surface area contributed by atoms with Gasteiger partial charge in [0.15, 0.2) is 0 Å². The van der Waals surface area contributed by atoms with Crippen LogP contribution in [0.15, 0.2) is 54.5 Å². The molecular weight excluding hydrogens is 433 g/mol. The van der Waals surface area contributed by atoms with Gasteiger partial charge in [0.05, 0.1) is 23.0 Å². The highest BCUT2D eigenvalue weighted by Gasteiger charge is 2.40. The van der Waals surface area contributed by atoms with E-state index in [1.54, 1.807) is 30.4 Å². The molecule has 1 aromatic heterocycles. The largest absolute Gasteiger partial charge is 0.416 e. The lowest BCUT2D eigenvalue weighted by Gasteiger charge is -2.34. The fraction of sp³-hybridized carbons (Fsp3) is 0.304. The number of anilines is 1. The fourth-order valence-electron chi connectivity index (χ4n) is 4.28. The Labute approximate surface area is 188 Å². The van der Waals surface area contributed by atoms with Crippen molar-refractivity contribution in [2.75, 3.05) is 12.4 Å². The van der Waals surface area contributed by atoms with Crippen molar-refractivity contribution in [3.8, 4) is 0 Å². The Morgan fingerprint density at radius 3 is 2.61 bits per heavy atom. The van der Waals surface area contributed by atoms with E-state index in [1.165, 1.54) is 12.1 Å². The Hall–Kier alpha value is -3.69. The van der Waals surface area contributed by atoms with Gasteiger partial charge in [0.1, 0.15) is 0 Å². The summed E-state index contributed by atoms with van der Waals surface area (Å²) in [6, 6.07) is 5.99. The lowest BCUT2D eigenvalue weighted by molar-refractivity contribution is -0.137. The van der Waals surface area contributed by atoms with Crippen molar-refractivity contribution in [2.45, 2.75) is 37.5 Å². The standard InChI is InChI=1S/C23H23F3N6O/c1-28-13-17(12-27)30-22-29-9-8-20(31-22)15-10-18-6-7-19(11-15)32(18)21(33)14-2-4-16(5-3-14)23(24,25)26/h2-5,8-10,12-13,18-19,27-28H,6-7,11H2,1H3,(H,29,30,31)/b17-13+,27-12?. The molecule has 10 heteroatoms.